The predicted octanol–water partition coefficient (Wildman–Crippen LogP) is 3.23. The lowest BCUT2D eigenvalue weighted by Gasteiger charge is -2.24. The molecule has 12 heteroatoms. The van der Waals surface area contributed by atoms with E-state index in [1.54, 1.807) is 36.4 Å². The van der Waals surface area contributed by atoms with E-state index in [4.69, 9.17) is 5.73 Å². The summed E-state index contributed by atoms with van der Waals surface area (Å²) < 4.78 is 52.7. The van der Waals surface area contributed by atoms with Gasteiger partial charge in [0.15, 0.2) is 0 Å². The van der Waals surface area contributed by atoms with Crippen LogP contribution in [0.3, 0.4) is 0 Å². The number of aromatic nitrogens is 1. The average molecular weight is 542 g/mol. The fourth-order valence-electron chi connectivity index (χ4n) is 4.22. The molecule has 0 saturated carbocycles. The fourth-order valence-corrected chi connectivity index (χ4v) is 4.22. The number of nitrogens with zero attached hydrogens (tertiary/aromatic N) is 3. The van der Waals surface area contributed by atoms with Crippen molar-refractivity contribution in [3.8, 4) is 0 Å². The number of benzene rings is 2. The summed E-state index contributed by atoms with van der Waals surface area (Å²) in [5.41, 5.74) is 6.00. The highest BCUT2D eigenvalue weighted by molar-refractivity contribution is 6.20. The number of anilines is 1. The van der Waals surface area contributed by atoms with Crippen LogP contribution in [0.4, 0.5) is 23.2 Å². The molecule has 1 aliphatic rings. The Hall–Kier alpha value is -4.61. The third-order valence-corrected chi connectivity index (χ3v) is 6.08. The van der Waals surface area contributed by atoms with Gasteiger partial charge in [0.25, 0.3) is 5.91 Å². The van der Waals surface area contributed by atoms with Crippen molar-refractivity contribution in [2.24, 2.45) is 16.6 Å². The number of alkyl halides is 3. The van der Waals surface area contributed by atoms with E-state index in [1.165, 1.54) is 19.3 Å². The minimum atomic E-state index is -4.84. The van der Waals surface area contributed by atoms with Gasteiger partial charge in [-0.25, -0.2) is 9.38 Å². The van der Waals surface area contributed by atoms with Crippen LogP contribution in [0, 0.1) is 11.7 Å². The van der Waals surface area contributed by atoms with Crippen LogP contribution >= 0.6 is 0 Å². The van der Waals surface area contributed by atoms with E-state index < -0.39 is 53.9 Å². The Kier molecular flexibility index (Phi) is 7.75. The molecule has 3 amide bonds. The zero-order chi connectivity index (χ0) is 28.3. The summed E-state index contributed by atoms with van der Waals surface area (Å²) in [6.45, 7) is 1.01. The van der Waals surface area contributed by atoms with Gasteiger partial charge in [0, 0.05) is 29.4 Å². The molecule has 0 aliphatic carbocycles. The standard InChI is InChI=1S/C27H23F4N5O3/c1-15(12-16-6-7-19(20(28)13-16)27(29,30)31)25(38)35-24-26(39)36(14-22(32)37)21-5-3-2-4-18(21)23(34-24)17-8-10-33-11-9-17/h2-11,13,15,24H,12,14H2,1H3,(H2,32,37)(H,35,38)/t15-,24?/m0/s1. The third kappa shape index (κ3) is 6.11. The molecule has 0 radical (unpaired) electrons. The highest BCUT2D eigenvalue weighted by Crippen LogP contribution is 2.32. The van der Waals surface area contributed by atoms with Gasteiger partial charge in [-0.2, -0.15) is 13.2 Å². The zero-order valence-corrected chi connectivity index (χ0v) is 20.6. The van der Waals surface area contributed by atoms with Gasteiger partial charge in [0.1, 0.15) is 12.4 Å². The second kappa shape index (κ2) is 11.0. The topological polar surface area (TPSA) is 118 Å². The van der Waals surface area contributed by atoms with Gasteiger partial charge >= 0.3 is 6.18 Å². The number of benzodiazepines with no additional fused rings is 1. The van der Waals surface area contributed by atoms with Crippen molar-refractivity contribution in [3.05, 3.63) is 95.1 Å². The molecule has 0 spiro atoms. The molecule has 2 heterocycles. The van der Waals surface area contributed by atoms with Crippen molar-refractivity contribution in [1.29, 1.82) is 0 Å². The number of halogens is 4. The number of hydrogen-bond donors (Lipinski definition) is 2. The van der Waals surface area contributed by atoms with Crippen molar-refractivity contribution in [2.75, 3.05) is 11.4 Å². The molecule has 0 fully saturated rings. The monoisotopic (exact) mass is 541 g/mol. The van der Waals surface area contributed by atoms with E-state index >= 15 is 0 Å². The summed E-state index contributed by atoms with van der Waals surface area (Å²) in [7, 11) is 0. The molecular formula is C27H23F4N5O3. The van der Waals surface area contributed by atoms with Gasteiger partial charge in [0.05, 0.1) is 17.0 Å². The highest BCUT2D eigenvalue weighted by atomic mass is 19.4. The first-order valence-corrected chi connectivity index (χ1v) is 11.8. The molecule has 202 valence electrons. The summed E-state index contributed by atoms with van der Waals surface area (Å²) >= 11 is 0. The first-order chi connectivity index (χ1) is 18.5. The number of carbonyl (C=O) groups is 3. The molecule has 0 saturated heterocycles. The van der Waals surface area contributed by atoms with Gasteiger partial charge in [-0.3, -0.25) is 24.3 Å². The molecule has 1 aromatic heterocycles. The Morgan fingerprint density at radius 3 is 2.44 bits per heavy atom. The lowest BCUT2D eigenvalue weighted by Crippen LogP contribution is -2.50. The van der Waals surface area contributed by atoms with Crippen LogP contribution in [-0.4, -0.2) is 41.1 Å². The minimum Gasteiger partial charge on any atom is -0.368 e. The highest BCUT2D eigenvalue weighted by Gasteiger charge is 2.35. The predicted molar refractivity (Wildman–Crippen MR) is 134 cm³/mol. The van der Waals surface area contributed by atoms with E-state index in [0.717, 1.165) is 17.0 Å². The number of carbonyl (C=O) groups excluding carboxylic acids is 3. The number of hydrogen-bond acceptors (Lipinski definition) is 5. The first-order valence-electron chi connectivity index (χ1n) is 11.8. The maximum atomic E-state index is 14.0. The molecule has 8 nitrogen and oxygen atoms in total. The Labute approximate surface area is 220 Å². The molecule has 1 aliphatic heterocycles. The number of primary amides is 1. The molecule has 39 heavy (non-hydrogen) atoms. The van der Waals surface area contributed by atoms with Crippen molar-refractivity contribution in [3.63, 3.8) is 0 Å². The van der Waals surface area contributed by atoms with Crippen LogP contribution in [0.1, 0.15) is 29.2 Å². The molecule has 4 rings (SSSR count). The summed E-state index contributed by atoms with van der Waals surface area (Å²) in [6, 6.07) is 12.5. The van der Waals surface area contributed by atoms with Crippen molar-refractivity contribution in [1.82, 2.24) is 10.3 Å². The first kappa shape index (κ1) is 27.4. The quantitative estimate of drug-likeness (QED) is 0.447. The maximum absolute atomic E-state index is 14.0. The second-order valence-electron chi connectivity index (χ2n) is 8.95. The number of pyridine rings is 1. The Morgan fingerprint density at radius 2 is 1.79 bits per heavy atom. The molecule has 2 aromatic carbocycles. The second-order valence-corrected chi connectivity index (χ2v) is 8.95. The molecule has 3 N–H and O–H groups in total. The summed E-state index contributed by atoms with van der Waals surface area (Å²) in [5.74, 6) is -4.47. The van der Waals surface area contributed by atoms with Crippen molar-refractivity contribution >= 4 is 29.1 Å². The Bertz CT molecular complexity index is 1440. The van der Waals surface area contributed by atoms with E-state index in [2.05, 4.69) is 15.3 Å². The molecular weight excluding hydrogens is 518 g/mol. The van der Waals surface area contributed by atoms with Crippen LogP contribution < -0.4 is 16.0 Å². The number of nitrogens with two attached hydrogens (primary N) is 1. The van der Waals surface area contributed by atoms with Crippen LogP contribution in [0.25, 0.3) is 0 Å². The minimum absolute atomic E-state index is 0.103. The van der Waals surface area contributed by atoms with E-state index in [0.29, 0.717) is 28.6 Å². The normalized spacial score (nSPS) is 16.1. The molecule has 2 atom stereocenters. The lowest BCUT2D eigenvalue weighted by atomic mass is 9.98. The Morgan fingerprint density at radius 1 is 1.10 bits per heavy atom. The average Bonchev–Trinajstić information content (AvgIpc) is 2.99. The SMILES string of the molecule is C[C@@H](Cc1ccc(C(F)(F)F)c(F)c1)C(=O)NC1N=C(c2ccncc2)c2ccccc2N(CC(N)=O)C1=O. The number of para-hydroxylation sites is 1. The third-order valence-electron chi connectivity index (χ3n) is 6.08. The largest absolute Gasteiger partial charge is 0.419 e. The van der Waals surface area contributed by atoms with E-state index in [9.17, 15) is 31.9 Å². The molecule has 0 bridgehead atoms. The molecule has 3 aromatic rings. The van der Waals surface area contributed by atoms with Gasteiger partial charge in [-0.1, -0.05) is 31.2 Å². The zero-order valence-electron chi connectivity index (χ0n) is 20.6. The van der Waals surface area contributed by atoms with E-state index in [-0.39, 0.29) is 12.0 Å². The van der Waals surface area contributed by atoms with Crippen molar-refractivity contribution < 1.29 is 31.9 Å². The van der Waals surface area contributed by atoms with Crippen LogP contribution in [0.15, 0.2) is 72.0 Å². The Balaban J connectivity index is 1.65. The van der Waals surface area contributed by atoms with Crippen LogP contribution in [-0.2, 0) is 27.0 Å². The molecule has 1 unspecified atom stereocenters. The van der Waals surface area contributed by atoms with Gasteiger partial charge in [-0.05, 0) is 42.3 Å². The lowest BCUT2D eigenvalue weighted by molar-refractivity contribution is -0.140. The number of aliphatic imine (C=N–C) groups is 1. The summed E-state index contributed by atoms with van der Waals surface area (Å²) in [6.07, 6.45) is -3.34. The van der Waals surface area contributed by atoms with Crippen LogP contribution in [0.5, 0.6) is 0 Å². The summed E-state index contributed by atoms with van der Waals surface area (Å²) in [4.78, 5) is 48.1. The van der Waals surface area contributed by atoms with Crippen molar-refractivity contribution in [2.45, 2.75) is 25.7 Å². The summed E-state index contributed by atoms with van der Waals surface area (Å²) in [5, 5.41) is 2.56. The smallest absolute Gasteiger partial charge is 0.368 e. The number of nitrogens with one attached hydrogen (secondary N) is 1. The maximum Gasteiger partial charge on any atom is 0.419 e. The van der Waals surface area contributed by atoms with Crippen LogP contribution in [0.2, 0.25) is 0 Å². The number of amides is 3. The fraction of sp³-hybridized carbons (Fsp3) is 0.222. The van der Waals surface area contributed by atoms with Gasteiger partial charge in [-0.15, -0.1) is 0 Å². The number of rotatable bonds is 7. The van der Waals surface area contributed by atoms with E-state index in [1.807, 2.05) is 0 Å². The number of fused-ring (bicyclic) bond motifs is 1. The van der Waals surface area contributed by atoms with Gasteiger partial charge in [0.2, 0.25) is 18.0 Å². The van der Waals surface area contributed by atoms with Gasteiger partial charge < -0.3 is 11.1 Å².